The maximum Gasteiger partial charge on any atom is 0.298 e. The first-order valence-electron chi connectivity index (χ1n) is 10.9. The second-order valence-corrected chi connectivity index (χ2v) is 8.87. The van der Waals surface area contributed by atoms with Gasteiger partial charge in [0.15, 0.2) is 0 Å². The first kappa shape index (κ1) is 18.9. The summed E-state index contributed by atoms with van der Waals surface area (Å²) in [4.78, 5) is 29.5. The van der Waals surface area contributed by atoms with Crippen LogP contribution in [0.15, 0.2) is 54.6 Å². The summed E-state index contributed by atoms with van der Waals surface area (Å²) >= 11 is 0. The molecule has 0 saturated carbocycles. The van der Waals surface area contributed by atoms with Crippen LogP contribution in [0, 0.1) is 17.3 Å². The van der Waals surface area contributed by atoms with Crippen molar-refractivity contribution in [3.8, 4) is 11.8 Å². The van der Waals surface area contributed by atoms with Gasteiger partial charge in [-0.3, -0.25) is 9.59 Å². The summed E-state index contributed by atoms with van der Waals surface area (Å²) < 4.78 is 0. The molecule has 0 bridgehead atoms. The molecule has 30 heavy (non-hydrogen) atoms. The Kier molecular flexibility index (Phi) is 4.83. The van der Waals surface area contributed by atoms with E-state index < -0.39 is 0 Å². The van der Waals surface area contributed by atoms with Crippen molar-refractivity contribution in [2.45, 2.75) is 31.6 Å². The van der Waals surface area contributed by atoms with E-state index >= 15 is 0 Å². The highest BCUT2D eigenvalue weighted by atomic mass is 16.2. The number of fused-ring (bicyclic) bond motifs is 1. The Hall–Kier alpha value is -3.06. The molecule has 5 rings (SSSR count). The van der Waals surface area contributed by atoms with Gasteiger partial charge in [-0.05, 0) is 54.4 Å². The Morgan fingerprint density at radius 3 is 2.27 bits per heavy atom. The number of nitrogens with zero attached hydrogens (tertiary/aromatic N) is 2. The van der Waals surface area contributed by atoms with Gasteiger partial charge in [-0.15, -0.1) is 0 Å². The van der Waals surface area contributed by atoms with E-state index in [1.807, 2.05) is 47.4 Å². The molecule has 1 unspecified atom stereocenters. The highest BCUT2D eigenvalue weighted by Gasteiger charge is 2.45. The molecule has 4 nitrogen and oxygen atoms in total. The van der Waals surface area contributed by atoms with Gasteiger partial charge >= 0.3 is 0 Å². The predicted molar refractivity (Wildman–Crippen MR) is 116 cm³/mol. The average molecular weight is 399 g/mol. The monoisotopic (exact) mass is 398 g/mol. The van der Waals surface area contributed by atoms with E-state index in [1.165, 1.54) is 11.1 Å². The molecule has 1 atom stereocenters. The van der Waals surface area contributed by atoms with Crippen molar-refractivity contribution in [1.82, 2.24) is 9.80 Å². The summed E-state index contributed by atoms with van der Waals surface area (Å²) in [5.74, 6) is 6.00. The molecule has 1 spiro atoms. The Morgan fingerprint density at radius 1 is 0.867 bits per heavy atom. The highest BCUT2D eigenvalue weighted by Crippen LogP contribution is 2.43. The average Bonchev–Trinajstić information content (AvgIpc) is 3.17. The van der Waals surface area contributed by atoms with Crippen molar-refractivity contribution in [2.24, 2.45) is 5.41 Å². The fourth-order valence-corrected chi connectivity index (χ4v) is 5.14. The molecule has 2 saturated heterocycles. The largest absolute Gasteiger partial charge is 0.342 e. The Morgan fingerprint density at radius 2 is 1.53 bits per heavy atom. The van der Waals surface area contributed by atoms with Crippen molar-refractivity contribution in [2.75, 3.05) is 26.2 Å². The summed E-state index contributed by atoms with van der Waals surface area (Å²) in [6, 6.07) is 17.9. The van der Waals surface area contributed by atoms with Crippen LogP contribution in [0.4, 0.5) is 0 Å². The van der Waals surface area contributed by atoms with Gasteiger partial charge in [0.1, 0.15) is 0 Å². The normalized spacial score (nSPS) is 21.4. The lowest BCUT2D eigenvalue weighted by atomic mass is 9.76. The standard InChI is InChI=1S/C26H26N2O2/c29-24(11-10-20-6-2-1-3-7-20)27-15-12-26(13-16-27)14-17-28(19-26)25(30)23-18-21-8-4-5-9-22(21)23/h1-9,23H,12-19H2. The number of benzene rings is 2. The molecular weight excluding hydrogens is 372 g/mol. The van der Waals surface area contributed by atoms with Crippen LogP contribution in [0.25, 0.3) is 0 Å². The Labute approximate surface area is 177 Å². The van der Waals surface area contributed by atoms with Crippen molar-refractivity contribution in [3.05, 3.63) is 71.3 Å². The van der Waals surface area contributed by atoms with E-state index in [4.69, 9.17) is 0 Å². The molecule has 1 aliphatic carbocycles. The highest BCUT2D eigenvalue weighted by molar-refractivity contribution is 5.94. The van der Waals surface area contributed by atoms with Crippen LogP contribution in [0.3, 0.4) is 0 Å². The molecule has 2 fully saturated rings. The first-order valence-corrected chi connectivity index (χ1v) is 10.9. The topological polar surface area (TPSA) is 40.6 Å². The van der Waals surface area contributed by atoms with Gasteiger partial charge in [-0.2, -0.15) is 0 Å². The molecule has 152 valence electrons. The minimum absolute atomic E-state index is 0.0475. The van der Waals surface area contributed by atoms with Gasteiger partial charge in [0, 0.05) is 37.7 Å². The summed E-state index contributed by atoms with van der Waals surface area (Å²) in [5, 5.41) is 0. The lowest BCUT2D eigenvalue weighted by Gasteiger charge is -2.39. The van der Waals surface area contributed by atoms with E-state index in [0.717, 1.165) is 57.4 Å². The van der Waals surface area contributed by atoms with Crippen molar-refractivity contribution in [1.29, 1.82) is 0 Å². The minimum Gasteiger partial charge on any atom is -0.342 e. The molecule has 0 radical (unpaired) electrons. The van der Waals surface area contributed by atoms with Gasteiger partial charge < -0.3 is 9.80 Å². The number of hydrogen-bond acceptors (Lipinski definition) is 2. The first-order chi connectivity index (χ1) is 14.6. The van der Waals surface area contributed by atoms with Crippen LogP contribution in [0.2, 0.25) is 0 Å². The lowest BCUT2D eigenvalue weighted by molar-refractivity contribution is -0.133. The summed E-state index contributed by atoms with van der Waals surface area (Å²) in [5.41, 5.74) is 3.55. The van der Waals surface area contributed by atoms with E-state index in [2.05, 4.69) is 28.9 Å². The number of carbonyl (C=O) groups is 2. The summed E-state index contributed by atoms with van der Waals surface area (Å²) in [7, 11) is 0. The maximum atomic E-state index is 13.1. The van der Waals surface area contributed by atoms with Gasteiger partial charge in [-0.25, -0.2) is 0 Å². The summed E-state index contributed by atoms with van der Waals surface area (Å²) in [6.45, 7) is 3.15. The molecule has 0 N–H and O–H groups in total. The van der Waals surface area contributed by atoms with Crippen molar-refractivity contribution < 1.29 is 9.59 Å². The Balaban J connectivity index is 1.17. The minimum atomic E-state index is -0.0919. The number of hydrogen-bond donors (Lipinski definition) is 0. The van der Waals surface area contributed by atoms with Gasteiger partial charge in [0.2, 0.25) is 5.91 Å². The third-order valence-corrected chi connectivity index (χ3v) is 7.10. The zero-order valence-corrected chi connectivity index (χ0v) is 17.1. The second kappa shape index (κ2) is 7.65. The zero-order valence-electron chi connectivity index (χ0n) is 17.1. The number of piperidine rings is 1. The van der Waals surface area contributed by atoms with Crippen LogP contribution in [-0.2, 0) is 16.0 Å². The molecular formula is C26H26N2O2. The SMILES string of the molecule is O=C(C#Cc1ccccc1)N1CCC2(CC1)CCN(C(=O)C1Cc3ccccc31)C2. The van der Waals surface area contributed by atoms with Crippen molar-refractivity contribution >= 4 is 11.8 Å². The molecule has 4 heteroatoms. The van der Waals surface area contributed by atoms with Crippen LogP contribution >= 0.6 is 0 Å². The van der Waals surface area contributed by atoms with E-state index in [0.29, 0.717) is 0 Å². The summed E-state index contributed by atoms with van der Waals surface area (Å²) in [6.07, 6.45) is 3.83. The van der Waals surface area contributed by atoms with E-state index in [1.54, 1.807) is 0 Å². The smallest absolute Gasteiger partial charge is 0.298 e. The van der Waals surface area contributed by atoms with Crippen LogP contribution < -0.4 is 0 Å². The molecule has 2 aromatic rings. The van der Waals surface area contributed by atoms with Gasteiger partial charge in [0.05, 0.1) is 5.92 Å². The fraction of sp³-hybridized carbons (Fsp3) is 0.385. The lowest BCUT2D eigenvalue weighted by Crippen LogP contribution is -2.45. The van der Waals surface area contributed by atoms with Gasteiger partial charge in [0.25, 0.3) is 5.91 Å². The van der Waals surface area contributed by atoms with Crippen molar-refractivity contribution in [3.63, 3.8) is 0 Å². The number of carbonyl (C=O) groups excluding carboxylic acids is 2. The van der Waals surface area contributed by atoms with Crippen LogP contribution in [0.1, 0.15) is 41.9 Å². The fourth-order valence-electron chi connectivity index (χ4n) is 5.14. The maximum absolute atomic E-state index is 13.1. The third kappa shape index (κ3) is 3.50. The quantitative estimate of drug-likeness (QED) is 0.692. The molecule has 2 amide bonds. The Bertz CT molecular complexity index is 1030. The number of amides is 2. The predicted octanol–water partition coefficient (Wildman–Crippen LogP) is 3.22. The molecule has 2 aromatic carbocycles. The van der Waals surface area contributed by atoms with E-state index in [-0.39, 0.29) is 23.1 Å². The van der Waals surface area contributed by atoms with Gasteiger partial charge in [-0.1, -0.05) is 48.4 Å². The molecule has 0 aromatic heterocycles. The number of likely N-dealkylation sites (tertiary alicyclic amines) is 2. The molecule has 2 heterocycles. The molecule has 3 aliphatic rings. The number of rotatable bonds is 1. The molecule has 2 aliphatic heterocycles. The zero-order chi connectivity index (χ0) is 20.6. The third-order valence-electron chi connectivity index (χ3n) is 7.10. The van der Waals surface area contributed by atoms with E-state index in [9.17, 15) is 9.59 Å². The van der Waals surface area contributed by atoms with Crippen LogP contribution in [-0.4, -0.2) is 47.8 Å². The second-order valence-electron chi connectivity index (χ2n) is 8.87. The van der Waals surface area contributed by atoms with Crippen LogP contribution in [0.5, 0.6) is 0 Å².